The van der Waals surface area contributed by atoms with Crippen LogP contribution in [-0.4, -0.2) is 36.7 Å². The van der Waals surface area contributed by atoms with Gasteiger partial charge in [-0.25, -0.2) is 4.39 Å². The van der Waals surface area contributed by atoms with Gasteiger partial charge in [-0.2, -0.15) is 0 Å². The van der Waals surface area contributed by atoms with E-state index < -0.39 is 28.9 Å². The molecule has 98 valence electrons. The molecule has 8 heteroatoms. The van der Waals surface area contributed by atoms with Crippen molar-refractivity contribution in [3.63, 3.8) is 0 Å². The zero-order chi connectivity index (χ0) is 13.9. The maximum Gasteiger partial charge on any atom is 0.323 e. The number of rotatable bonds is 5. The molecule has 0 spiro atoms. The number of carboxylic acids is 1. The second kappa shape index (κ2) is 5.30. The average Bonchev–Trinajstić information content (AvgIpc) is 2.27. The van der Waals surface area contributed by atoms with Crippen molar-refractivity contribution in [2.45, 2.75) is 0 Å². The average molecular weight is 258 g/mol. The van der Waals surface area contributed by atoms with Crippen LogP contribution in [-0.2, 0) is 4.79 Å². The maximum atomic E-state index is 13.6. The van der Waals surface area contributed by atoms with Crippen molar-refractivity contribution < 1.29 is 24.0 Å². The first kappa shape index (κ1) is 13.7. The van der Waals surface area contributed by atoms with Gasteiger partial charge in [0.2, 0.25) is 0 Å². The Morgan fingerprint density at radius 1 is 1.61 bits per heavy atom. The molecular formula is C10H11FN2O5. The number of benzene rings is 1. The zero-order valence-electron chi connectivity index (χ0n) is 9.71. The van der Waals surface area contributed by atoms with E-state index in [1.54, 1.807) is 0 Å². The lowest BCUT2D eigenvalue weighted by molar-refractivity contribution is -0.385. The van der Waals surface area contributed by atoms with E-state index in [0.717, 1.165) is 11.0 Å². The van der Waals surface area contributed by atoms with Gasteiger partial charge in [-0.3, -0.25) is 14.9 Å². The van der Waals surface area contributed by atoms with Crippen LogP contribution in [0.15, 0.2) is 12.1 Å². The summed E-state index contributed by atoms with van der Waals surface area (Å²) in [5, 5.41) is 19.2. The number of hydrogen-bond acceptors (Lipinski definition) is 5. The summed E-state index contributed by atoms with van der Waals surface area (Å²) in [5.74, 6) is -2.16. The highest BCUT2D eigenvalue weighted by Gasteiger charge is 2.21. The van der Waals surface area contributed by atoms with Gasteiger partial charge in [0, 0.05) is 13.1 Å². The Morgan fingerprint density at radius 2 is 2.22 bits per heavy atom. The fourth-order valence-corrected chi connectivity index (χ4v) is 1.42. The van der Waals surface area contributed by atoms with Crippen molar-refractivity contribution in [1.29, 1.82) is 0 Å². The minimum Gasteiger partial charge on any atom is -0.490 e. The maximum absolute atomic E-state index is 13.6. The van der Waals surface area contributed by atoms with Crippen molar-refractivity contribution in [3.05, 3.63) is 28.1 Å². The highest BCUT2D eigenvalue weighted by Crippen LogP contribution is 2.33. The molecular weight excluding hydrogens is 247 g/mol. The van der Waals surface area contributed by atoms with Crippen molar-refractivity contribution in [1.82, 2.24) is 0 Å². The van der Waals surface area contributed by atoms with Crippen LogP contribution in [0.5, 0.6) is 5.75 Å². The first-order valence-corrected chi connectivity index (χ1v) is 4.81. The van der Waals surface area contributed by atoms with Gasteiger partial charge in [0.05, 0.1) is 23.8 Å². The predicted octanol–water partition coefficient (Wildman–Crippen LogP) is 1.26. The fraction of sp³-hybridized carbons (Fsp3) is 0.300. The summed E-state index contributed by atoms with van der Waals surface area (Å²) in [6.45, 7) is -0.433. The number of nitrogens with zero attached hydrogens (tertiary/aromatic N) is 2. The largest absolute Gasteiger partial charge is 0.490 e. The second-order valence-corrected chi connectivity index (χ2v) is 3.48. The Labute approximate surface area is 102 Å². The molecule has 18 heavy (non-hydrogen) atoms. The minimum absolute atomic E-state index is 0.0835. The van der Waals surface area contributed by atoms with Crippen molar-refractivity contribution >= 4 is 17.3 Å². The standard InChI is InChI=1S/C10H11FN2O5/c1-12(5-10(14)15)7-4-9(18-2)8(13(16)17)3-6(7)11/h3-4H,5H2,1-2H3,(H,14,15). The number of nitro benzene ring substituents is 1. The van der Waals surface area contributed by atoms with Gasteiger partial charge >= 0.3 is 11.7 Å². The summed E-state index contributed by atoms with van der Waals surface area (Å²) in [7, 11) is 2.57. The van der Waals surface area contributed by atoms with Gasteiger partial charge in [0.1, 0.15) is 6.54 Å². The molecule has 0 aromatic heterocycles. The molecule has 0 heterocycles. The molecule has 0 radical (unpaired) electrons. The molecule has 0 aliphatic rings. The molecule has 1 rings (SSSR count). The van der Waals surface area contributed by atoms with Gasteiger partial charge in [0.25, 0.3) is 0 Å². The number of hydrogen-bond donors (Lipinski definition) is 1. The predicted molar refractivity (Wildman–Crippen MR) is 60.5 cm³/mol. The van der Waals surface area contributed by atoms with E-state index in [4.69, 9.17) is 9.84 Å². The van der Waals surface area contributed by atoms with Crippen LogP contribution < -0.4 is 9.64 Å². The van der Waals surface area contributed by atoms with Crippen molar-refractivity contribution in [2.75, 3.05) is 25.6 Å². The number of ether oxygens (including phenoxy) is 1. The Morgan fingerprint density at radius 3 is 2.67 bits per heavy atom. The fourth-order valence-electron chi connectivity index (χ4n) is 1.42. The zero-order valence-corrected chi connectivity index (χ0v) is 9.71. The van der Waals surface area contributed by atoms with Crippen LogP contribution in [0, 0.1) is 15.9 Å². The van der Waals surface area contributed by atoms with Crippen molar-refractivity contribution in [3.8, 4) is 5.75 Å². The summed E-state index contributed by atoms with van der Waals surface area (Å²) < 4.78 is 18.4. The Balaban J connectivity index is 3.22. The Kier molecular flexibility index (Phi) is 4.03. The van der Waals surface area contributed by atoms with E-state index in [1.165, 1.54) is 14.2 Å². The smallest absolute Gasteiger partial charge is 0.323 e. The summed E-state index contributed by atoms with van der Waals surface area (Å²) in [6, 6.07) is 1.79. The summed E-state index contributed by atoms with van der Waals surface area (Å²) in [5.41, 5.74) is -0.595. The van der Waals surface area contributed by atoms with Gasteiger partial charge in [-0.1, -0.05) is 0 Å². The lowest BCUT2D eigenvalue weighted by atomic mass is 10.2. The van der Waals surface area contributed by atoms with E-state index in [0.29, 0.717) is 6.07 Å². The van der Waals surface area contributed by atoms with E-state index in [2.05, 4.69) is 0 Å². The third kappa shape index (κ3) is 2.84. The number of halogens is 1. The van der Waals surface area contributed by atoms with Crippen LogP contribution in [0.4, 0.5) is 15.8 Å². The van der Waals surface area contributed by atoms with E-state index in [-0.39, 0.29) is 11.4 Å². The molecule has 0 unspecified atom stereocenters. The number of carbonyl (C=O) groups is 1. The number of aliphatic carboxylic acids is 1. The molecule has 1 aromatic rings. The molecule has 0 saturated carbocycles. The van der Waals surface area contributed by atoms with Gasteiger partial charge < -0.3 is 14.7 Å². The topological polar surface area (TPSA) is 92.9 Å². The van der Waals surface area contributed by atoms with Crippen LogP contribution in [0.25, 0.3) is 0 Å². The van der Waals surface area contributed by atoms with Crippen LogP contribution in [0.1, 0.15) is 0 Å². The van der Waals surface area contributed by atoms with Crippen LogP contribution in [0.2, 0.25) is 0 Å². The highest BCUT2D eigenvalue weighted by molar-refractivity contribution is 5.74. The number of nitro groups is 1. The summed E-state index contributed by atoms with van der Waals surface area (Å²) in [4.78, 5) is 21.5. The van der Waals surface area contributed by atoms with Gasteiger partial charge in [-0.15, -0.1) is 0 Å². The first-order valence-electron chi connectivity index (χ1n) is 4.81. The number of likely N-dealkylation sites (N-methyl/N-ethyl adjacent to an activating group) is 1. The number of anilines is 1. The molecule has 0 bridgehead atoms. The molecule has 0 amide bonds. The van der Waals surface area contributed by atoms with E-state index in [1.807, 2.05) is 0 Å². The van der Waals surface area contributed by atoms with Gasteiger partial charge in [0.15, 0.2) is 11.6 Å². The van der Waals surface area contributed by atoms with Gasteiger partial charge in [-0.05, 0) is 0 Å². The number of methoxy groups -OCH3 is 1. The third-order valence-corrected chi connectivity index (χ3v) is 2.23. The van der Waals surface area contributed by atoms with E-state index in [9.17, 15) is 19.3 Å². The second-order valence-electron chi connectivity index (χ2n) is 3.48. The minimum atomic E-state index is -1.14. The highest BCUT2D eigenvalue weighted by atomic mass is 19.1. The molecule has 1 N–H and O–H groups in total. The normalized spacial score (nSPS) is 9.94. The first-order chi connectivity index (χ1) is 8.36. The molecule has 0 aliphatic carbocycles. The van der Waals surface area contributed by atoms with Crippen LogP contribution in [0.3, 0.4) is 0 Å². The van der Waals surface area contributed by atoms with Crippen LogP contribution >= 0.6 is 0 Å². The lowest BCUT2D eigenvalue weighted by Gasteiger charge is -2.18. The molecule has 0 saturated heterocycles. The molecule has 0 aliphatic heterocycles. The quantitative estimate of drug-likeness (QED) is 0.631. The Bertz CT molecular complexity index is 491. The third-order valence-electron chi connectivity index (χ3n) is 2.23. The number of carboxylic acid groups (broad SMARTS) is 1. The Hall–Kier alpha value is -2.38. The summed E-state index contributed by atoms with van der Waals surface area (Å²) in [6.07, 6.45) is 0. The molecule has 7 nitrogen and oxygen atoms in total. The molecule has 0 fully saturated rings. The van der Waals surface area contributed by atoms with Crippen molar-refractivity contribution in [2.24, 2.45) is 0 Å². The summed E-state index contributed by atoms with van der Waals surface area (Å²) >= 11 is 0. The lowest BCUT2D eigenvalue weighted by Crippen LogP contribution is -2.26. The SMILES string of the molecule is COc1cc(N(C)CC(=O)O)c(F)cc1[N+](=O)[O-]. The van der Waals surface area contributed by atoms with E-state index >= 15 is 0 Å². The molecule has 1 aromatic carbocycles. The molecule has 0 atom stereocenters. The monoisotopic (exact) mass is 258 g/mol.